The minimum atomic E-state index is -0.978. The van der Waals surface area contributed by atoms with Crippen LogP contribution in [0.15, 0.2) is 42.5 Å². The standard InChI is InChI=1S/C19H17NO4/c21-18(22)17-8-9-20(17)19(23)24-11-13-5-3-7-15-14-6-2-1-4-12(14)10-16(13)15/h1-7,17H,8-11H2,(H,21,22)/t17-/m0/s1. The molecule has 0 aromatic heterocycles. The Kier molecular flexibility index (Phi) is 3.49. The van der Waals surface area contributed by atoms with Gasteiger partial charge in [-0.3, -0.25) is 4.90 Å². The van der Waals surface area contributed by atoms with Crippen LogP contribution in [0, 0.1) is 0 Å². The Morgan fingerprint density at radius 1 is 1.12 bits per heavy atom. The van der Waals surface area contributed by atoms with Crippen molar-refractivity contribution < 1.29 is 19.4 Å². The molecule has 0 saturated carbocycles. The first-order valence-corrected chi connectivity index (χ1v) is 8.00. The number of carbonyl (C=O) groups excluding carboxylic acids is 1. The molecule has 0 spiro atoms. The molecule has 2 aromatic carbocycles. The highest BCUT2D eigenvalue weighted by molar-refractivity contribution is 5.82. The van der Waals surface area contributed by atoms with Crippen LogP contribution >= 0.6 is 0 Å². The lowest BCUT2D eigenvalue weighted by Crippen LogP contribution is -2.55. The Morgan fingerprint density at radius 2 is 1.92 bits per heavy atom. The third kappa shape index (κ3) is 2.33. The fourth-order valence-electron chi connectivity index (χ4n) is 3.44. The van der Waals surface area contributed by atoms with Crippen LogP contribution in [0.3, 0.4) is 0 Å². The van der Waals surface area contributed by atoms with Gasteiger partial charge in [0.05, 0.1) is 0 Å². The van der Waals surface area contributed by atoms with Gasteiger partial charge in [-0.25, -0.2) is 9.59 Å². The number of carbonyl (C=O) groups is 2. The van der Waals surface area contributed by atoms with Crippen molar-refractivity contribution in [2.75, 3.05) is 6.54 Å². The Balaban J connectivity index is 1.49. The Morgan fingerprint density at radius 3 is 2.67 bits per heavy atom. The van der Waals surface area contributed by atoms with E-state index in [1.807, 2.05) is 24.3 Å². The lowest BCUT2D eigenvalue weighted by Gasteiger charge is -2.36. The van der Waals surface area contributed by atoms with Crippen LogP contribution in [0.5, 0.6) is 0 Å². The Hall–Kier alpha value is -2.82. The molecule has 0 radical (unpaired) electrons. The maximum Gasteiger partial charge on any atom is 0.410 e. The van der Waals surface area contributed by atoms with E-state index >= 15 is 0 Å². The molecule has 5 heteroatoms. The second-order valence-corrected chi connectivity index (χ2v) is 6.17. The fourth-order valence-corrected chi connectivity index (χ4v) is 3.44. The molecule has 24 heavy (non-hydrogen) atoms. The second-order valence-electron chi connectivity index (χ2n) is 6.17. The number of benzene rings is 2. The average Bonchev–Trinajstić information content (AvgIpc) is 2.90. The molecule has 1 aliphatic heterocycles. The van der Waals surface area contributed by atoms with Crippen LogP contribution in [0.1, 0.15) is 23.1 Å². The number of likely N-dealkylation sites (tertiary alicyclic amines) is 1. The van der Waals surface area contributed by atoms with Crippen LogP contribution in [0.4, 0.5) is 4.79 Å². The van der Waals surface area contributed by atoms with E-state index in [9.17, 15) is 9.59 Å². The number of amides is 1. The topological polar surface area (TPSA) is 66.8 Å². The molecular formula is C19H17NO4. The molecule has 122 valence electrons. The van der Waals surface area contributed by atoms with Crippen molar-refractivity contribution in [3.05, 3.63) is 59.2 Å². The normalized spacial score (nSPS) is 17.7. The van der Waals surface area contributed by atoms with E-state index in [1.165, 1.54) is 27.2 Å². The van der Waals surface area contributed by atoms with Crippen LogP contribution < -0.4 is 0 Å². The molecule has 1 N–H and O–H groups in total. The van der Waals surface area contributed by atoms with Crippen LogP contribution in [0.25, 0.3) is 11.1 Å². The summed E-state index contributed by atoms with van der Waals surface area (Å²) in [5.74, 6) is -0.978. The van der Waals surface area contributed by atoms with Gasteiger partial charge in [-0.2, -0.15) is 0 Å². The molecule has 4 rings (SSSR count). The van der Waals surface area contributed by atoms with Gasteiger partial charge in [0.15, 0.2) is 0 Å². The molecule has 5 nitrogen and oxygen atoms in total. The second kappa shape index (κ2) is 5.67. The summed E-state index contributed by atoms with van der Waals surface area (Å²) in [6.07, 6.45) is 0.767. The minimum absolute atomic E-state index is 0.166. The van der Waals surface area contributed by atoms with Crippen molar-refractivity contribution in [2.45, 2.75) is 25.5 Å². The van der Waals surface area contributed by atoms with E-state index in [0.717, 1.165) is 12.0 Å². The summed E-state index contributed by atoms with van der Waals surface area (Å²) in [5, 5.41) is 9.02. The summed E-state index contributed by atoms with van der Waals surface area (Å²) >= 11 is 0. The Bertz CT molecular complexity index is 830. The monoisotopic (exact) mass is 323 g/mol. The van der Waals surface area contributed by atoms with Gasteiger partial charge >= 0.3 is 12.1 Å². The zero-order valence-corrected chi connectivity index (χ0v) is 13.1. The third-order valence-corrected chi connectivity index (χ3v) is 4.84. The summed E-state index contributed by atoms with van der Waals surface area (Å²) in [6.45, 7) is 0.604. The zero-order chi connectivity index (χ0) is 16.7. The molecule has 0 bridgehead atoms. The van der Waals surface area contributed by atoms with Crippen LogP contribution in [-0.2, 0) is 22.6 Å². The Labute approximate surface area is 139 Å². The number of aliphatic carboxylic acids is 1. The van der Waals surface area contributed by atoms with Gasteiger partial charge in [-0.1, -0.05) is 42.5 Å². The van der Waals surface area contributed by atoms with Gasteiger partial charge in [-0.05, 0) is 40.7 Å². The number of nitrogens with zero attached hydrogens (tertiary/aromatic N) is 1. The number of rotatable bonds is 3. The number of fused-ring (bicyclic) bond motifs is 3. The summed E-state index contributed by atoms with van der Waals surface area (Å²) < 4.78 is 5.36. The fraction of sp³-hybridized carbons (Fsp3) is 0.263. The molecule has 1 heterocycles. The van der Waals surface area contributed by atoms with Crippen molar-refractivity contribution in [3.8, 4) is 11.1 Å². The lowest BCUT2D eigenvalue weighted by molar-refractivity contribution is -0.146. The lowest BCUT2D eigenvalue weighted by atomic mass is 10.0. The van der Waals surface area contributed by atoms with Crippen LogP contribution in [0.2, 0.25) is 0 Å². The summed E-state index contributed by atoms with van der Waals surface area (Å²) in [4.78, 5) is 24.3. The molecule has 1 saturated heterocycles. The minimum Gasteiger partial charge on any atom is -0.480 e. The van der Waals surface area contributed by atoms with Gasteiger partial charge in [0.2, 0.25) is 0 Å². The molecule has 1 aliphatic carbocycles. The van der Waals surface area contributed by atoms with Crippen molar-refractivity contribution in [2.24, 2.45) is 0 Å². The summed E-state index contributed by atoms with van der Waals surface area (Å²) in [5.41, 5.74) is 5.86. The number of hydrogen-bond acceptors (Lipinski definition) is 3. The summed E-state index contributed by atoms with van der Waals surface area (Å²) in [6, 6.07) is 13.5. The number of carboxylic acid groups (broad SMARTS) is 1. The molecular weight excluding hydrogens is 306 g/mol. The number of ether oxygens (including phenoxy) is 1. The smallest absolute Gasteiger partial charge is 0.410 e. The van der Waals surface area contributed by atoms with Gasteiger partial charge in [-0.15, -0.1) is 0 Å². The largest absolute Gasteiger partial charge is 0.480 e. The zero-order valence-electron chi connectivity index (χ0n) is 13.1. The van der Waals surface area contributed by atoms with Gasteiger partial charge in [0.25, 0.3) is 0 Å². The first-order valence-electron chi connectivity index (χ1n) is 8.00. The predicted molar refractivity (Wildman–Crippen MR) is 87.6 cm³/mol. The van der Waals surface area contributed by atoms with E-state index < -0.39 is 18.1 Å². The molecule has 0 unspecified atom stereocenters. The quantitative estimate of drug-likeness (QED) is 0.804. The first kappa shape index (κ1) is 14.8. The van der Waals surface area contributed by atoms with Crippen molar-refractivity contribution in [3.63, 3.8) is 0 Å². The highest BCUT2D eigenvalue weighted by Gasteiger charge is 2.38. The molecule has 1 amide bonds. The van der Waals surface area contributed by atoms with Crippen LogP contribution in [-0.4, -0.2) is 34.7 Å². The van der Waals surface area contributed by atoms with Gasteiger partial charge < -0.3 is 9.84 Å². The SMILES string of the molecule is O=C(O)[C@@H]1CCN1C(=O)OCc1cccc2c1Cc1ccccc1-2. The van der Waals surface area contributed by atoms with Crippen molar-refractivity contribution in [1.82, 2.24) is 4.90 Å². The summed E-state index contributed by atoms with van der Waals surface area (Å²) in [7, 11) is 0. The molecule has 1 fully saturated rings. The highest BCUT2D eigenvalue weighted by Crippen LogP contribution is 2.38. The van der Waals surface area contributed by atoms with E-state index in [2.05, 4.69) is 18.2 Å². The highest BCUT2D eigenvalue weighted by atomic mass is 16.6. The number of carboxylic acids is 1. The van der Waals surface area contributed by atoms with E-state index in [1.54, 1.807) is 0 Å². The molecule has 2 aromatic rings. The molecule has 1 atom stereocenters. The van der Waals surface area contributed by atoms with Crippen molar-refractivity contribution in [1.29, 1.82) is 0 Å². The van der Waals surface area contributed by atoms with Gasteiger partial charge in [0.1, 0.15) is 12.6 Å². The van der Waals surface area contributed by atoms with E-state index in [0.29, 0.717) is 13.0 Å². The third-order valence-electron chi connectivity index (χ3n) is 4.84. The van der Waals surface area contributed by atoms with E-state index in [-0.39, 0.29) is 6.61 Å². The van der Waals surface area contributed by atoms with E-state index in [4.69, 9.17) is 9.84 Å². The average molecular weight is 323 g/mol. The maximum absolute atomic E-state index is 12.1. The number of hydrogen-bond donors (Lipinski definition) is 1. The predicted octanol–water partition coefficient (Wildman–Crippen LogP) is 3.05. The maximum atomic E-state index is 12.1. The first-order chi connectivity index (χ1) is 11.6. The van der Waals surface area contributed by atoms with Crippen molar-refractivity contribution >= 4 is 12.1 Å². The molecule has 2 aliphatic rings. The van der Waals surface area contributed by atoms with Gasteiger partial charge in [0, 0.05) is 6.54 Å².